The molecule has 0 aliphatic heterocycles. The first-order chi connectivity index (χ1) is 9.74. The summed E-state index contributed by atoms with van der Waals surface area (Å²) in [5, 5.41) is 8.84. The molecule has 6 heteroatoms. The molecule has 0 unspecified atom stereocenters. The van der Waals surface area contributed by atoms with E-state index in [1.165, 1.54) is 12.1 Å². The maximum absolute atomic E-state index is 10.8. The maximum Gasteiger partial charge on any atom is 0.335 e. The molecule has 0 aromatic heterocycles. The van der Waals surface area contributed by atoms with E-state index in [-0.39, 0.29) is 5.56 Å². The summed E-state index contributed by atoms with van der Waals surface area (Å²) in [6, 6.07) is 6.35. The Labute approximate surface area is 118 Å². The van der Waals surface area contributed by atoms with E-state index >= 15 is 0 Å². The molecule has 0 spiro atoms. The molecule has 0 amide bonds. The Morgan fingerprint density at radius 3 is 2.35 bits per heavy atom. The number of benzene rings is 1. The van der Waals surface area contributed by atoms with Gasteiger partial charge in [0.15, 0.2) is 0 Å². The molecule has 6 nitrogen and oxygen atoms in total. The molecule has 0 radical (unpaired) electrons. The number of carbonyl (C=O) groups is 1. The molecule has 1 N–H and O–H groups in total. The Balaban J connectivity index is 2.06. The third-order valence-electron chi connectivity index (χ3n) is 2.38. The van der Waals surface area contributed by atoms with Crippen LogP contribution in [0.3, 0.4) is 0 Å². The Morgan fingerprint density at radius 2 is 1.70 bits per heavy atom. The second-order valence-corrected chi connectivity index (χ2v) is 3.90. The van der Waals surface area contributed by atoms with Gasteiger partial charge in [-0.05, 0) is 18.2 Å². The molecular formula is C14H20O6. The lowest BCUT2D eigenvalue weighted by atomic mass is 10.2. The van der Waals surface area contributed by atoms with E-state index in [0.717, 1.165) is 0 Å². The molecule has 0 atom stereocenters. The van der Waals surface area contributed by atoms with E-state index in [2.05, 4.69) is 0 Å². The van der Waals surface area contributed by atoms with E-state index in [9.17, 15) is 4.79 Å². The fourth-order valence-electron chi connectivity index (χ4n) is 1.40. The number of rotatable bonds is 11. The van der Waals surface area contributed by atoms with Crippen molar-refractivity contribution in [2.75, 3.05) is 46.8 Å². The average Bonchev–Trinajstić information content (AvgIpc) is 2.46. The number of methoxy groups -OCH3 is 1. The van der Waals surface area contributed by atoms with Gasteiger partial charge >= 0.3 is 5.97 Å². The van der Waals surface area contributed by atoms with Gasteiger partial charge in [-0.1, -0.05) is 6.07 Å². The van der Waals surface area contributed by atoms with E-state index < -0.39 is 5.97 Å². The van der Waals surface area contributed by atoms with Crippen LogP contribution in [0.4, 0.5) is 0 Å². The highest BCUT2D eigenvalue weighted by molar-refractivity contribution is 5.87. The lowest BCUT2D eigenvalue weighted by Gasteiger charge is -2.08. The van der Waals surface area contributed by atoms with Crippen LogP contribution in [0.1, 0.15) is 10.4 Å². The van der Waals surface area contributed by atoms with Crippen LogP contribution < -0.4 is 4.74 Å². The predicted octanol–water partition coefficient (Wildman–Crippen LogP) is 1.44. The van der Waals surface area contributed by atoms with E-state index in [1.807, 2.05) is 0 Å². The monoisotopic (exact) mass is 284 g/mol. The summed E-state index contributed by atoms with van der Waals surface area (Å²) >= 11 is 0. The quantitative estimate of drug-likeness (QED) is 0.620. The molecule has 0 aliphatic carbocycles. The third-order valence-corrected chi connectivity index (χ3v) is 2.38. The second kappa shape index (κ2) is 10.2. The first kappa shape index (κ1) is 16.4. The zero-order valence-corrected chi connectivity index (χ0v) is 11.5. The van der Waals surface area contributed by atoms with Gasteiger partial charge in [-0.25, -0.2) is 4.79 Å². The summed E-state index contributed by atoms with van der Waals surface area (Å²) in [6.45, 7) is 2.91. The molecule has 1 rings (SSSR count). The Bertz CT molecular complexity index is 393. The molecule has 0 saturated carbocycles. The van der Waals surface area contributed by atoms with Crippen molar-refractivity contribution >= 4 is 5.97 Å². The Hall–Kier alpha value is -1.63. The highest BCUT2D eigenvalue weighted by Gasteiger charge is 2.03. The Kier molecular flexibility index (Phi) is 8.37. The van der Waals surface area contributed by atoms with Gasteiger partial charge in [-0.2, -0.15) is 0 Å². The summed E-state index contributed by atoms with van der Waals surface area (Å²) in [7, 11) is 1.62. The van der Waals surface area contributed by atoms with Crippen LogP contribution in [0.25, 0.3) is 0 Å². The van der Waals surface area contributed by atoms with E-state index in [1.54, 1.807) is 19.2 Å². The minimum absolute atomic E-state index is 0.204. The van der Waals surface area contributed by atoms with Crippen LogP contribution in [0.5, 0.6) is 5.75 Å². The van der Waals surface area contributed by atoms with Gasteiger partial charge in [0.2, 0.25) is 0 Å². The zero-order chi connectivity index (χ0) is 14.6. The summed E-state index contributed by atoms with van der Waals surface area (Å²) in [5.74, 6) is -0.454. The standard InChI is InChI=1S/C14H20O6/c1-17-5-6-18-7-8-19-9-10-20-13-4-2-3-12(11-13)14(15)16/h2-4,11H,5-10H2,1H3,(H,15,16). The van der Waals surface area contributed by atoms with Crippen molar-refractivity contribution in [3.05, 3.63) is 29.8 Å². The molecule has 0 aliphatic rings. The van der Waals surface area contributed by atoms with E-state index in [0.29, 0.717) is 45.4 Å². The molecule has 0 fully saturated rings. The van der Waals surface area contributed by atoms with Crippen molar-refractivity contribution in [1.82, 2.24) is 0 Å². The van der Waals surface area contributed by atoms with Crippen molar-refractivity contribution in [3.8, 4) is 5.75 Å². The van der Waals surface area contributed by atoms with Crippen molar-refractivity contribution in [1.29, 1.82) is 0 Å². The fraction of sp³-hybridized carbons (Fsp3) is 0.500. The number of hydrogen-bond acceptors (Lipinski definition) is 5. The van der Waals surface area contributed by atoms with Crippen LogP contribution in [0, 0.1) is 0 Å². The molecule has 0 saturated heterocycles. The fourth-order valence-corrected chi connectivity index (χ4v) is 1.40. The normalized spacial score (nSPS) is 10.4. The third kappa shape index (κ3) is 7.08. The smallest absolute Gasteiger partial charge is 0.335 e. The van der Waals surface area contributed by atoms with Gasteiger partial charge in [0.1, 0.15) is 12.4 Å². The molecular weight excluding hydrogens is 264 g/mol. The van der Waals surface area contributed by atoms with Gasteiger partial charge < -0.3 is 24.1 Å². The SMILES string of the molecule is COCCOCCOCCOc1cccc(C(=O)O)c1. The summed E-state index contributed by atoms with van der Waals surface area (Å²) < 4.78 is 20.8. The topological polar surface area (TPSA) is 74.2 Å². The van der Waals surface area contributed by atoms with E-state index in [4.69, 9.17) is 24.1 Å². The molecule has 20 heavy (non-hydrogen) atoms. The highest BCUT2D eigenvalue weighted by Crippen LogP contribution is 2.12. The Morgan fingerprint density at radius 1 is 1.05 bits per heavy atom. The lowest BCUT2D eigenvalue weighted by molar-refractivity contribution is 0.0179. The number of carboxylic acid groups (broad SMARTS) is 1. The van der Waals surface area contributed by atoms with Gasteiger partial charge in [-0.15, -0.1) is 0 Å². The molecule has 1 aromatic carbocycles. The van der Waals surface area contributed by atoms with Gasteiger partial charge in [0.05, 0.1) is 38.6 Å². The van der Waals surface area contributed by atoms with Crippen molar-refractivity contribution in [2.45, 2.75) is 0 Å². The molecule has 0 heterocycles. The minimum atomic E-state index is -0.972. The lowest BCUT2D eigenvalue weighted by Crippen LogP contribution is -2.12. The van der Waals surface area contributed by atoms with Crippen LogP contribution in [0.2, 0.25) is 0 Å². The number of aromatic carboxylic acids is 1. The van der Waals surface area contributed by atoms with Crippen LogP contribution in [0.15, 0.2) is 24.3 Å². The minimum Gasteiger partial charge on any atom is -0.491 e. The summed E-state index contributed by atoms with van der Waals surface area (Å²) in [5.41, 5.74) is 0.204. The molecule has 0 bridgehead atoms. The first-order valence-corrected chi connectivity index (χ1v) is 6.34. The average molecular weight is 284 g/mol. The molecule has 1 aromatic rings. The second-order valence-electron chi connectivity index (χ2n) is 3.90. The number of hydrogen-bond donors (Lipinski definition) is 1. The number of carboxylic acids is 1. The van der Waals surface area contributed by atoms with Crippen molar-refractivity contribution in [3.63, 3.8) is 0 Å². The predicted molar refractivity (Wildman–Crippen MR) is 72.4 cm³/mol. The number of ether oxygens (including phenoxy) is 4. The van der Waals surface area contributed by atoms with Crippen molar-refractivity contribution in [2.24, 2.45) is 0 Å². The van der Waals surface area contributed by atoms with Crippen LogP contribution >= 0.6 is 0 Å². The van der Waals surface area contributed by atoms with Crippen LogP contribution in [-0.4, -0.2) is 57.8 Å². The largest absolute Gasteiger partial charge is 0.491 e. The van der Waals surface area contributed by atoms with Gasteiger partial charge in [-0.3, -0.25) is 0 Å². The zero-order valence-electron chi connectivity index (χ0n) is 11.5. The maximum atomic E-state index is 10.8. The first-order valence-electron chi connectivity index (χ1n) is 6.34. The van der Waals surface area contributed by atoms with Gasteiger partial charge in [0.25, 0.3) is 0 Å². The summed E-state index contributed by atoms with van der Waals surface area (Å²) in [6.07, 6.45) is 0. The van der Waals surface area contributed by atoms with Crippen molar-refractivity contribution < 1.29 is 28.8 Å². The van der Waals surface area contributed by atoms with Crippen LogP contribution in [-0.2, 0) is 14.2 Å². The molecule has 112 valence electrons. The van der Waals surface area contributed by atoms with Gasteiger partial charge in [0, 0.05) is 7.11 Å². The summed E-state index contributed by atoms with van der Waals surface area (Å²) in [4.78, 5) is 10.8. The highest BCUT2D eigenvalue weighted by atomic mass is 16.6.